The van der Waals surface area contributed by atoms with E-state index in [0.29, 0.717) is 0 Å². The van der Waals surface area contributed by atoms with E-state index in [2.05, 4.69) is 67.5 Å². The Balaban J connectivity index is 2.12. The van der Waals surface area contributed by atoms with Crippen molar-refractivity contribution in [3.05, 3.63) is 66.8 Å². The van der Waals surface area contributed by atoms with Gasteiger partial charge in [-0.1, -0.05) is 43.0 Å². The second-order valence-electron chi connectivity index (χ2n) is 6.98. The molecule has 1 aliphatic rings. The molecule has 3 rings (SSSR count). The highest BCUT2D eigenvalue weighted by molar-refractivity contribution is 7.93. The van der Waals surface area contributed by atoms with E-state index in [4.69, 9.17) is 4.55 Å². The smallest absolute Gasteiger partial charge is 0.210 e. The summed E-state index contributed by atoms with van der Waals surface area (Å²) in [4.78, 5) is 0. The second kappa shape index (κ2) is 7.59. The Morgan fingerprint density at radius 3 is 2.72 bits per heavy atom. The maximum atomic E-state index is 8.96. The van der Waals surface area contributed by atoms with E-state index < -0.39 is 0 Å². The van der Waals surface area contributed by atoms with Gasteiger partial charge >= 0.3 is 0 Å². The fourth-order valence-corrected chi connectivity index (χ4v) is 4.21. The molecule has 0 radical (unpaired) electrons. The average Bonchev–Trinajstić information content (AvgIpc) is 2.84. The zero-order chi connectivity index (χ0) is 17.9. The van der Waals surface area contributed by atoms with E-state index in [9.17, 15) is 0 Å². The van der Waals surface area contributed by atoms with Gasteiger partial charge in [-0.25, -0.2) is 0 Å². The quantitative estimate of drug-likeness (QED) is 0.288. The highest BCUT2D eigenvalue weighted by Gasteiger charge is 2.45. The van der Waals surface area contributed by atoms with E-state index >= 15 is 0 Å². The van der Waals surface area contributed by atoms with Crippen LogP contribution in [0.3, 0.4) is 0 Å². The average molecular weight is 353 g/mol. The van der Waals surface area contributed by atoms with Gasteiger partial charge < -0.3 is 4.55 Å². The number of nitrogens with zero attached hydrogens (tertiary/aromatic N) is 1. The number of fused-ring (bicyclic) bond motifs is 3. The lowest BCUT2D eigenvalue weighted by atomic mass is 9.79. The number of rotatable bonds is 7. The zero-order valence-corrected chi connectivity index (χ0v) is 15.9. The summed E-state index contributed by atoms with van der Waals surface area (Å²) in [6.45, 7) is 9.42. The third-order valence-electron chi connectivity index (χ3n) is 5.01. The van der Waals surface area contributed by atoms with Crippen LogP contribution in [0.2, 0.25) is 0 Å². The molecule has 2 aromatic rings. The van der Waals surface area contributed by atoms with Crippen LogP contribution < -0.4 is 0 Å². The number of hydrogen-bond acceptors (Lipinski definition) is 2. The molecule has 0 aromatic heterocycles. The predicted octanol–water partition coefficient (Wildman–Crippen LogP) is 5.94. The lowest BCUT2D eigenvalue weighted by molar-refractivity contribution is -0.438. The molecular weight excluding hydrogens is 326 g/mol. The number of allylic oxidation sites excluding steroid dienone is 3. The SMILES string of the molecule is C=C/C=C/C1=[N+](CCCCSO)c2ccc3ccccc3c2C1(C)C. The van der Waals surface area contributed by atoms with E-state index in [1.807, 2.05) is 12.2 Å². The number of hydrogen-bond donors (Lipinski definition) is 1. The van der Waals surface area contributed by atoms with Gasteiger partial charge in [0.1, 0.15) is 6.54 Å². The molecule has 2 nitrogen and oxygen atoms in total. The summed E-state index contributed by atoms with van der Waals surface area (Å²) in [5.74, 6) is 0.791. The minimum absolute atomic E-state index is 0.0541. The number of unbranched alkanes of at least 4 members (excludes halogenated alkanes) is 1. The first kappa shape index (κ1) is 18.0. The topological polar surface area (TPSA) is 23.2 Å². The Morgan fingerprint density at radius 1 is 1.16 bits per heavy atom. The maximum Gasteiger partial charge on any atom is 0.210 e. The fraction of sp³-hybridized carbons (Fsp3) is 0.318. The van der Waals surface area contributed by atoms with Crippen LogP contribution in [0, 0.1) is 0 Å². The van der Waals surface area contributed by atoms with Gasteiger partial charge in [0, 0.05) is 29.9 Å². The van der Waals surface area contributed by atoms with Crippen molar-refractivity contribution in [2.45, 2.75) is 32.1 Å². The molecule has 0 fully saturated rings. The summed E-state index contributed by atoms with van der Waals surface area (Å²) in [7, 11) is 0. The zero-order valence-electron chi connectivity index (χ0n) is 15.0. The van der Waals surface area contributed by atoms with Crippen LogP contribution in [-0.2, 0) is 5.41 Å². The van der Waals surface area contributed by atoms with Gasteiger partial charge in [0.05, 0.1) is 5.41 Å². The molecule has 0 spiro atoms. The molecule has 0 unspecified atom stereocenters. The molecular formula is C22H26NOS+. The molecule has 0 saturated carbocycles. The molecule has 130 valence electrons. The van der Waals surface area contributed by atoms with Gasteiger partial charge in [-0.05, 0) is 49.1 Å². The molecule has 2 aromatic carbocycles. The number of benzene rings is 2. The summed E-state index contributed by atoms with van der Waals surface area (Å²) < 4.78 is 11.4. The van der Waals surface area contributed by atoms with Gasteiger partial charge in [-0.3, -0.25) is 0 Å². The highest BCUT2D eigenvalue weighted by Crippen LogP contribution is 2.44. The Kier molecular flexibility index (Phi) is 5.45. The highest BCUT2D eigenvalue weighted by atomic mass is 32.2. The van der Waals surface area contributed by atoms with E-state index in [1.165, 1.54) is 27.7 Å². The van der Waals surface area contributed by atoms with Crippen molar-refractivity contribution in [1.82, 2.24) is 0 Å². The van der Waals surface area contributed by atoms with Gasteiger partial charge in [0.25, 0.3) is 0 Å². The van der Waals surface area contributed by atoms with Crippen LogP contribution in [-0.4, -0.2) is 27.1 Å². The predicted molar refractivity (Wildman–Crippen MR) is 110 cm³/mol. The fourth-order valence-electron chi connectivity index (χ4n) is 3.87. The van der Waals surface area contributed by atoms with Crippen LogP contribution in [0.25, 0.3) is 10.8 Å². The molecule has 0 saturated heterocycles. The van der Waals surface area contributed by atoms with Crippen molar-refractivity contribution in [2.75, 3.05) is 12.3 Å². The van der Waals surface area contributed by atoms with Gasteiger partial charge in [-0.2, -0.15) is 4.58 Å². The summed E-state index contributed by atoms with van der Waals surface area (Å²) in [6.07, 6.45) is 8.13. The van der Waals surface area contributed by atoms with Gasteiger partial charge in [-0.15, -0.1) is 0 Å². The first-order valence-corrected chi connectivity index (χ1v) is 9.78. The Labute approximate surface area is 154 Å². The Bertz CT molecular complexity index is 848. The van der Waals surface area contributed by atoms with Crippen molar-refractivity contribution in [3.63, 3.8) is 0 Å². The lowest BCUT2D eigenvalue weighted by Crippen LogP contribution is -2.28. The molecule has 3 heteroatoms. The van der Waals surface area contributed by atoms with Gasteiger partial charge in [0.15, 0.2) is 5.71 Å². The minimum Gasteiger partial charge on any atom is -0.330 e. The molecule has 1 N–H and O–H groups in total. The van der Waals surface area contributed by atoms with Crippen molar-refractivity contribution < 1.29 is 9.13 Å². The molecule has 0 amide bonds. The third kappa shape index (κ3) is 3.31. The molecule has 0 atom stereocenters. The third-order valence-corrected chi connectivity index (χ3v) is 5.48. The lowest BCUT2D eigenvalue weighted by Gasteiger charge is -2.17. The molecule has 25 heavy (non-hydrogen) atoms. The molecule has 0 bridgehead atoms. The first-order valence-electron chi connectivity index (χ1n) is 8.84. The van der Waals surface area contributed by atoms with Crippen LogP contribution in [0.15, 0.2) is 61.2 Å². The largest absolute Gasteiger partial charge is 0.330 e. The Morgan fingerprint density at radius 2 is 1.96 bits per heavy atom. The summed E-state index contributed by atoms with van der Waals surface area (Å²) in [6, 6.07) is 13.1. The van der Waals surface area contributed by atoms with Crippen LogP contribution in [0.4, 0.5) is 5.69 Å². The minimum atomic E-state index is -0.0541. The Hall–Kier alpha value is -1.84. The molecule has 1 aliphatic heterocycles. The van der Waals surface area contributed by atoms with Crippen molar-refractivity contribution in [3.8, 4) is 0 Å². The van der Waals surface area contributed by atoms with Crippen molar-refractivity contribution in [1.29, 1.82) is 0 Å². The van der Waals surface area contributed by atoms with E-state index in [0.717, 1.165) is 37.2 Å². The van der Waals surface area contributed by atoms with Crippen LogP contribution in [0.5, 0.6) is 0 Å². The monoisotopic (exact) mass is 352 g/mol. The van der Waals surface area contributed by atoms with Crippen molar-refractivity contribution >= 4 is 34.2 Å². The van der Waals surface area contributed by atoms with E-state index in [1.54, 1.807) is 0 Å². The van der Waals surface area contributed by atoms with E-state index in [-0.39, 0.29) is 5.41 Å². The normalized spacial score (nSPS) is 16.0. The van der Waals surface area contributed by atoms with Gasteiger partial charge in [0.2, 0.25) is 5.69 Å². The summed E-state index contributed by atoms with van der Waals surface area (Å²) in [5, 5.41) is 2.63. The standard InChI is InChI=1S/C22H25NOS/c1-4-5-12-20-22(2,3)21-18-11-7-6-10-17(18)13-14-19(21)23(20)15-8-9-16-25-24/h4-7,10-14H,1,8-9,15-16H2,2-3H3/p+1/b12-5+. The second-order valence-corrected chi connectivity index (χ2v) is 7.64. The maximum absolute atomic E-state index is 8.96. The van der Waals surface area contributed by atoms with Crippen LogP contribution in [0.1, 0.15) is 32.3 Å². The van der Waals surface area contributed by atoms with Crippen molar-refractivity contribution in [2.24, 2.45) is 0 Å². The summed E-state index contributed by atoms with van der Waals surface area (Å²) in [5.41, 5.74) is 3.98. The molecule has 1 heterocycles. The van der Waals surface area contributed by atoms with Crippen LogP contribution >= 0.6 is 12.0 Å². The summed E-state index contributed by atoms with van der Waals surface area (Å²) >= 11 is 0.933. The molecule has 0 aliphatic carbocycles. The first-order chi connectivity index (χ1) is 12.1.